The monoisotopic (exact) mass is 262 g/mol. The zero-order valence-corrected chi connectivity index (χ0v) is 11.0. The number of nitrogens with two attached hydrogens (primary N) is 1. The molecule has 0 aliphatic carbocycles. The van der Waals surface area contributed by atoms with Gasteiger partial charge in [-0.3, -0.25) is 0 Å². The van der Waals surface area contributed by atoms with E-state index >= 15 is 0 Å². The topological polar surface area (TPSA) is 74.7 Å². The Labute approximate surface area is 109 Å². The van der Waals surface area contributed by atoms with Crippen LogP contribution in [0.5, 0.6) is 0 Å². The molecule has 0 saturated heterocycles. The number of aryl methyl sites for hydroxylation is 1. The molecular weight excluding hydrogens is 248 g/mol. The van der Waals surface area contributed by atoms with Crippen molar-refractivity contribution in [3.8, 4) is 0 Å². The number of hydrogen-bond acceptors (Lipinski definition) is 5. The van der Waals surface area contributed by atoms with Crippen molar-refractivity contribution in [2.75, 3.05) is 11.9 Å². The van der Waals surface area contributed by atoms with Crippen molar-refractivity contribution in [3.05, 3.63) is 40.9 Å². The van der Waals surface area contributed by atoms with Gasteiger partial charge in [-0.1, -0.05) is 5.16 Å². The first-order valence-electron chi connectivity index (χ1n) is 5.35. The van der Waals surface area contributed by atoms with Crippen LogP contribution in [-0.4, -0.2) is 23.1 Å². The maximum atomic E-state index is 8.59. The van der Waals surface area contributed by atoms with Crippen molar-refractivity contribution < 1.29 is 5.21 Å². The van der Waals surface area contributed by atoms with E-state index in [1.54, 1.807) is 23.5 Å². The Bertz CT molecular complexity index is 562. The lowest BCUT2D eigenvalue weighted by Crippen LogP contribution is -2.14. The molecule has 2 rings (SSSR count). The molecule has 0 amide bonds. The van der Waals surface area contributed by atoms with E-state index < -0.39 is 0 Å². The average Bonchev–Trinajstić information content (AvgIpc) is 2.84. The quantitative estimate of drug-likeness (QED) is 0.385. The zero-order valence-electron chi connectivity index (χ0n) is 10.2. The first-order chi connectivity index (χ1) is 8.61. The maximum Gasteiger partial charge on any atom is 0.189 e. The van der Waals surface area contributed by atoms with E-state index in [9.17, 15) is 0 Å². The molecule has 2 aromatic rings. The fraction of sp³-hybridized carbons (Fsp3) is 0.167. The van der Waals surface area contributed by atoms with Crippen molar-refractivity contribution in [2.45, 2.75) is 6.92 Å². The van der Waals surface area contributed by atoms with Gasteiger partial charge in [-0.15, -0.1) is 11.3 Å². The Hall–Kier alpha value is -2.08. The number of aromatic nitrogens is 1. The smallest absolute Gasteiger partial charge is 0.189 e. The van der Waals surface area contributed by atoms with Crippen LogP contribution in [-0.2, 0) is 0 Å². The van der Waals surface area contributed by atoms with Gasteiger partial charge < -0.3 is 15.8 Å². The molecule has 0 aliphatic heterocycles. The predicted molar refractivity (Wildman–Crippen MR) is 73.9 cm³/mol. The van der Waals surface area contributed by atoms with Crippen LogP contribution in [0.3, 0.4) is 0 Å². The van der Waals surface area contributed by atoms with Gasteiger partial charge in [0.05, 0.1) is 5.69 Å². The summed E-state index contributed by atoms with van der Waals surface area (Å²) in [6.07, 6.45) is 0. The number of rotatable bonds is 3. The number of amidine groups is 1. The first-order valence-corrected chi connectivity index (χ1v) is 6.23. The van der Waals surface area contributed by atoms with E-state index in [0.29, 0.717) is 5.56 Å². The Kier molecular flexibility index (Phi) is 3.47. The van der Waals surface area contributed by atoms with E-state index in [-0.39, 0.29) is 5.84 Å². The molecule has 0 atom stereocenters. The van der Waals surface area contributed by atoms with Gasteiger partial charge in [-0.25, -0.2) is 4.98 Å². The van der Waals surface area contributed by atoms with Crippen LogP contribution >= 0.6 is 11.3 Å². The molecule has 1 aromatic heterocycles. The van der Waals surface area contributed by atoms with E-state index in [2.05, 4.69) is 10.1 Å². The highest BCUT2D eigenvalue weighted by Gasteiger charge is 2.08. The van der Waals surface area contributed by atoms with Gasteiger partial charge in [0, 0.05) is 23.7 Å². The van der Waals surface area contributed by atoms with Crippen LogP contribution in [0.2, 0.25) is 0 Å². The van der Waals surface area contributed by atoms with E-state index in [1.807, 2.05) is 36.4 Å². The van der Waals surface area contributed by atoms with Gasteiger partial charge in [-0.2, -0.15) is 0 Å². The SMILES string of the molecule is Cc1csc(N(C)c2ccc(C(N)=NO)cc2)n1. The van der Waals surface area contributed by atoms with Crippen LogP contribution in [0.4, 0.5) is 10.8 Å². The van der Waals surface area contributed by atoms with Crippen molar-refractivity contribution in [1.29, 1.82) is 0 Å². The first kappa shape index (κ1) is 12.4. The minimum Gasteiger partial charge on any atom is -0.409 e. The normalized spacial score (nSPS) is 11.6. The minimum atomic E-state index is 0.106. The fourth-order valence-corrected chi connectivity index (χ4v) is 2.31. The van der Waals surface area contributed by atoms with E-state index in [0.717, 1.165) is 16.5 Å². The molecule has 94 valence electrons. The van der Waals surface area contributed by atoms with Gasteiger partial charge >= 0.3 is 0 Å². The number of thiazole rings is 1. The highest BCUT2D eigenvalue weighted by Crippen LogP contribution is 2.26. The highest BCUT2D eigenvalue weighted by atomic mass is 32.1. The molecule has 5 nitrogen and oxygen atoms in total. The number of oxime groups is 1. The number of benzene rings is 1. The molecule has 0 unspecified atom stereocenters. The summed E-state index contributed by atoms with van der Waals surface area (Å²) in [4.78, 5) is 6.41. The summed E-state index contributed by atoms with van der Waals surface area (Å²) in [5.74, 6) is 0.106. The van der Waals surface area contributed by atoms with Crippen LogP contribution < -0.4 is 10.6 Å². The zero-order chi connectivity index (χ0) is 13.1. The molecule has 0 aliphatic rings. The van der Waals surface area contributed by atoms with Gasteiger partial charge in [0.2, 0.25) is 0 Å². The lowest BCUT2D eigenvalue weighted by Gasteiger charge is -2.16. The molecule has 3 N–H and O–H groups in total. The van der Waals surface area contributed by atoms with Gasteiger partial charge in [0.1, 0.15) is 0 Å². The molecule has 0 fully saturated rings. The Balaban J connectivity index is 2.24. The Morgan fingerprint density at radius 2 is 2.06 bits per heavy atom. The summed E-state index contributed by atoms with van der Waals surface area (Å²) in [6.45, 7) is 1.97. The molecule has 1 heterocycles. The molecule has 1 aromatic carbocycles. The third-order valence-electron chi connectivity index (χ3n) is 2.55. The lowest BCUT2D eigenvalue weighted by atomic mass is 10.2. The molecule has 6 heteroatoms. The van der Waals surface area contributed by atoms with Crippen LogP contribution in [0.1, 0.15) is 11.3 Å². The Morgan fingerprint density at radius 1 is 1.39 bits per heavy atom. The summed E-state index contributed by atoms with van der Waals surface area (Å²) in [7, 11) is 1.96. The lowest BCUT2D eigenvalue weighted by molar-refractivity contribution is 0.318. The van der Waals surface area contributed by atoms with Crippen LogP contribution in [0, 0.1) is 6.92 Å². The van der Waals surface area contributed by atoms with Crippen LogP contribution in [0.25, 0.3) is 0 Å². The summed E-state index contributed by atoms with van der Waals surface area (Å²) >= 11 is 1.59. The second kappa shape index (κ2) is 5.05. The summed E-state index contributed by atoms with van der Waals surface area (Å²) in [6, 6.07) is 7.43. The molecule has 0 saturated carbocycles. The van der Waals surface area contributed by atoms with Crippen molar-refractivity contribution in [1.82, 2.24) is 4.98 Å². The Morgan fingerprint density at radius 3 is 2.56 bits per heavy atom. The summed E-state index contributed by atoms with van der Waals surface area (Å²) < 4.78 is 0. The summed E-state index contributed by atoms with van der Waals surface area (Å²) in [5.41, 5.74) is 8.20. The molecule has 0 bridgehead atoms. The van der Waals surface area contributed by atoms with Gasteiger partial charge in [0.25, 0.3) is 0 Å². The largest absolute Gasteiger partial charge is 0.409 e. The van der Waals surface area contributed by atoms with Gasteiger partial charge in [-0.05, 0) is 31.2 Å². The third kappa shape index (κ3) is 2.43. The average molecular weight is 262 g/mol. The molecule has 0 radical (unpaired) electrons. The van der Waals surface area contributed by atoms with E-state index in [1.165, 1.54) is 0 Å². The number of anilines is 2. The number of nitrogens with zero attached hydrogens (tertiary/aromatic N) is 3. The third-order valence-corrected chi connectivity index (χ3v) is 3.59. The predicted octanol–water partition coefficient (Wildman–Crippen LogP) is 2.31. The number of hydrogen-bond donors (Lipinski definition) is 2. The second-order valence-corrected chi connectivity index (χ2v) is 4.70. The van der Waals surface area contributed by atoms with Crippen molar-refractivity contribution in [2.24, 2.45) is 10.9 Å². The molecular formula is C12H14N4OS. The highest BCUT2D eigenvalue weighted by molar-refractivity contribution is 7.13. The molecule has 18 heavy (non-hydrogen) atoms. The molecule has 0 spiro atoms. The van der Waals surface area contributed by atoms with Crippen LogP contribution in [0.15, 0.2) is 34.8 Å². The minimum absolute atomic E-state index is 0.106. The maximum absolute atomic E-state index is 8.59. The summed E-state index contributed by atoms with van der Waals surface area (Å²) in [5, 5.41) is 14.5. The fourth-order valence-electron chi connectivity index (χ4n) is 1.52. The van der Waals surface area contributed by atoms with Crippen molar-refractivity contribution in [3.63, 3.8) is 0 Å². The standard InChI is InChI=1S/C12H14N4OS/c1-8-7-18-12(14-8)16(2)10-5-3-9(4-6-10)11(13)15-17/h3-7,17H,1-2H3,(H2,13,15). The second-order valence-electron chi connectivity index (χ2n) is 3.86. The van der Waals surface area contributed by atoms with E-state index in [4.69, 9.17) is 10.9 Å². The van der Waals surface area contributed by atoms with Gasteiger partial charge in [0.15, 0.2) is 11.0 Å². The van der Waals surface area contributed by atoms with Crippen molar-refractivity contribution >= 4 is 28.0 Å².